The largest absolute Gasteiger partial charge is 0.325 e. The molecule has 0 N–H and O–H groups in total. The Morgan fingerprint density at radius 3 is 3.00 bits per heavy atom. The summed E-state index contributed by atoms with van der Waals surface area (Å²) in [6, 6.07) is 5.69. The van der Waals surface area contributed by atoms with Gasteiger partial charge in [0.15, 0.2) is 5.82 Å². The summed E-state index contributed by atoms with van der Waals surface area (Å²) in [6.07, 6.45) is 6.82. The summed E-state index contributed by atoms with van der Waals surface area (Å²) in [4.78, 5) is 4.53. The fraction of sp³-hybridized carbons (Fsp3) is 0.588. The van der Waals surface area contributed by atoms with E-state index < -0.39 is 0 Å². The molecule has 0 saturated heterocycles. The Morgan fingerprint density at radius 2 is 2.24 bits per heavy atom. The van der Waals surface area contributed by atoms with Crippen molar-refractivity contribution in [3.8, 4) is 0 Å². The van der Waals surface area contributed by atoms with Gasteiger partial charge in [0.25, 0.3) is 0 Å². The van der Waals surface area contributed by atoms with Gasteiger partial charge in [0.1, 0.15) is 11.3 Å². The van der Waals surface area contributed by atoms with Crippen LogP contribution in [0.15, 0.2) is 18.2 Å². The van der Waals surface area contributed by atoms with Crippen molar-refractivity contribution < 1.29 is 4.39 Å². The first-order valence-corrected chi connectivity index (χ1v) is 8.49. The molecular formula is C17H22ClFN2. The number of rotatable bonds is 4. The summed E-state index contributed by atoms with van der Waals surface area (Å²) >= 11 is 5.92. The Bertz CT molecular complexity index is 623. The van der Waals surface area contributed by atoms with Gasteiger partial charge in [-0.3, -0.25) is 0 Å². The quantitative estimate of drug-likeness (QED) is 0.719. The minimum Gasteiger partial charge on any atom is -0.325 e. The Labute approximate surface area is 130 Å². The molecule has 1 heterocycles. The fourth-order valence-corrected chi connectivity index (χ4v) is 3.84. The summed E-state index contributed by atoms with van der Waals surface area (Å²) in [7, 11) is 0. The number of halogens is 2. The van der Waals surface area contributed by atoms with Crippen LogP contribution in [0.5, 0.6) is 0 Å². The molecule has 1 saturated carbocycles. The van der Waals surface area contributed by atoms with Crippen molar-refractivity contribution in [1.82, 2.24) is 9.55 Å². The van der Waals surface area contributed by atoms with Crippen LogP contribution in [-0.2, 0) is 6.42 Å². The molecule has 0 bridgehead atoms. The van der Waals surface area contributed by atoms with Crippen LogP contribution < -0.4 is 0 Å². The second-order valence-electron chi connectivity index (χ2n) is 6.04. The van der Waals surface area contributed by atoms with E-state index in [-0.39, 0.29) is 5.82 Å². The average Bonchev–Trinajstić information content (AvgIpc) is 2.87. The zero-order valence-electron chi connectivity index (χ0n) is 12.5. The molecule has 1 aromatic carbocycles. The highest BCUT2D eigenvalue weighted by Crippen LogP contribution is 2.37. The van der Waals surface area contributed by atoms with Crippen molar-refractivity contribution in [2.75, 3.05) is 5.88 Å². The maximum absolute atomic E-state index is 14.0. The van der Waals surface area contributed by atoms with Gasteiger partial charge in [-0.1, -0.05) is 32.3 Å². The predicted molar refractivity (Wildman–Crippen MR) is 85.4 cm³/mol. The SMILES string of the molecule is CCC1CCCC(n2c(CCCl)nc3c(F)cccc32)C1. The van der Waals surface area contributed by atoms with Gasteiger partial charge in [-0.05, 0) is 30.9 Å². The number of fused-ring (bicyclic) bond motifs is 1. The van der Waals surface area contributed by atoms with Gasteiger partial charge >= 0.3 is 0 Å². The molecule has 3 rings (SSSR count). The lowest BCUT2D eigenvalue weighted by Gasteiger charge is -2.31. The smallest absolute Gasteiger partial charge is 0.151 e. The van der Waals surface area contributed by atoms with Crippen LogP contribution in [0, 0.1) is 11.7 Å². The minimum atomic E-state index is -0.232. The number of hydrogen-bond donors (Lipinski definition) is 0. The molecule has 1 fully saturated rings. The lowest BCUT2D eigenvalue weighted by atomic mass is 9.84. The van der Waals surface area contributed by atoms with Crippen LogP contribution in [0.4, 0.5) is 4.39 Å². The molecule has 114 valence electrons. The molecule has 0 spiro atoms. The lowest BCUT2D eigenvalue weighted by molar-refractivity contribution is 0.262. The monoisotopic (exact) mass is 308 g/mol. The van der Waals surface area contributed by atoms with Crippen molar-refractivity contribution in [3.05, 3.63) is 29.8 Å². The van der Waals surface area contributed by atoms with E-state index in [9.17, 15) is 4.39 Å². The second kappa shape index (κ2) is 6.35. The molecule has 1 aliphatic rings. The topological polar surface area (TPSA) is 17.8 Å². The van der Waals surface area contributed by atoms with Crippen LogP contribution in [0.25, 0.3) is 11.0 Å². The minimum absolute atomic E-state index is 0.232. The Hall–Kier alpha value is -1.09. The van der Waals surface area contributed by atoms with Crippen molar-refractivity contribution in [2.24, 2.45) is 5.92 Å². The van der Waals surface area contributed by atoms with Crippen molar-refractivity contribution in [3.63, 3.8) is 0 Å². The van der Waals surface area contributed by atoms with E-state index in [0.29, 0.717) is 23.9 Å². The third-order valence-electron chi connectivity index (χ3n) is 4.76. The molecule has 0 amide bonds. The number of para-hydroxylation sites is 1. The molecule has 2 aromatic rings. The third kappa shape index (κ3) is 2.80. The van der Waals surface area contributed by atoms with Gasteiger partial charge in [-0.25, -0.2) is 9.37 Å². The predicted octanol–water partition coefficient (Wildman–Crippen LogP) is 5.10. The first-order valence-electron chi connectivity index (χ1n) is 7.95. The van der Waals surface area contributed by atoms with E-state index in [2.05, 4.69) is 16.5 Å². The molecule has 21 heavy (non-hydrogen) atoms. The number of alkyl halides is 1. The molecule has 1 aliphatic carbocycles. The summed E-state index contributed by atoms with van der Waals surface area (Å²) in [6.45, 7) is 2.26. The zero-order chi connectivity index (χ0) is 14.8. The van der Waals surface area contributed by atoms with E-state index >= 15 is 0 Å². The Kier molecular flexibility index (Phi) is 4.48. The van der Waals surface area contributed by atoms with Gasteiger partial charge in [0.05, 0.1) is 5.52 Å². The van der Waals surface area contributed by atoms with Crippen molar-refractivity contribution in [2.45, 2.75) is 51.5 Å². The number of aromatic nitrogens is 2. The van der Waals surface area contributed by atoms with Gasteiger partial charge in [0, 0.05) is 18.3 Å². The Balaban J connectivity index is 2.06. The third-order valence-corrected chi connectivity index (χ3v) is 4.95. The van der Waals surface area contributed by atoms with Gasteiger partial charge in [-0.2, -0.15) is 0 Å². The average molecular weight is 309 g/mol. The maximum atomic E-state index is 14.0. The first kappa shape index (κ1) is 14.8. The highest BCUT2D eigenvalue weighted by molar-refractivity contribution is 6.17. The number of nitrogens with zero attached hydrogens (tertiary/aromatic N) is 2. The molecule has 0 radical (unpaired) electrons. The molecule has 1 aromatic heterocycles. The molecule has 2 atom stereocenters. The van der Waals surface area contributed by atoms with E-state index in [1.54, 1.807) is 6.07 Å². The summed E-state index contributed by atoms with van der Waals surface area (Å²) < 4.78 is 16.3. The molecular weight excluding hydrogens is 287 g/mol. The van der Waals surface area contributed by atoms with Crippen molar-refractivity contribution in [1.29, 1.82) is 0 Å². The summed E-state index contributed by atoms with van der Waals surface area (Å²) in [5, 5.41) is 0. The van der Waals surface area contributed by atoms with Gasteiger partial charge in [-0.15, -0.1) is 11.6 Å². The summed E-state index contributed by atoms with van der Waals surface area (Å²) in [5.41, 5.74) is 1.42. The first-order chi connectivity index (χ1) is 10.2. The van der Waals surface area contributed by atoms with Crippen molar-refractivity contribution >= 4 is 22.6 Å². The summed E-state index contributed by atoms with van der Waals surface area (Å²) in [5.74, 6) is 2.00. The molecule has 2 unspecified atom stereocenters. The normalized spacial score (nSPS) is 22.8. The van der Waals surface area contributed by atoms with E-state index in [1.165, 1.54) is 31.7 Å². The van der Waals surface area contributed by atoms with Crippen LogP contribution in [0.1, 0.15) is 50.9 Å². The standard InChI is InChI=1S/C17H22ClFN2/c1-2-12-5-3-6-13(11-12)21-15-8-4-7-14(19)17(15)20-16(21)9-10-18/h4,7-8,12-13H,2-3,5-6,9-11H2,1H3. The second-order valence-corrected chi connectivity index (χ2v) is 6.42. The van der Waals surface area contributed by atoms with Crippen LogP contribution in [-0.4, -0.2) is 15.4 Å². The molecule has 0 aliphatic heterocycles. The Morgan fingerprint density at radius 1 is 1.38 bits per heavy atom. The van der Waals surface area contributed by atoms with E-state index in [0.717, 1.165) is 23.7 Å². The highest BCUT2D eigenvalue weighted by atomic mass is 35.5. The van der Waals surface area contributed by atoms with Crippen LogP contribution in [0.3, 0.4) is 0 Å². The number of hydrogen-bond acceptors (Lipinski definition) is 1. The lowest BCUT2D eigenvalue weighted by Crippen LogP contribution is -2.20. The van der Waals surface area contributed by atoms with Gasteiger partial charge < -0.3 is 4.57 Å². The van der Waals surface area contributed by atoms with E-state index in [4.69, 9.17) is 11.6 Å². The van der Waals surface area contributed by atoms with Gasteiger partial charge in [0.2, 0.25) is 0 Å². The van der Waals surface area contributed by atoms with Crippen LogP contribution >= 0.6 is 11.6 Å². The highest BCUT2D eigenvalue weighted by Gasteiger charge is 2.26. The molecule has 2 nitrogen and oxygen atoms in total. The zero-order valence-corrected chi connectivity index (χ0v) is 13.2. The maximum Gasteiger partial charge on any atom is 0.151 e. The van der Waals surface area contributed by atoms with Crippen LogP contribution in [0.2, 0.25) is 0 Å². The number of imidazole rings is 1. The van der Waals surface area contributed by atoms with E-state index in [1.807, 2.05) is 6.07 Å². The number of benzene rings is 1. The number of aryl methyl sites for hydroxylation is 1. The fourth-order valence-electron chi connectivity index (χ4n) is 3.67. The molecule has 4 heteroatoms.